The molecule has 1 aliphatic carbocycles. The summed E-state index contributed by atoms with van der Waals surface area (Å²) in [7, 11) is 0. The van der Waals surface area contributed by atoms with Crippen molar-refractivity contribution in [3.63, 3.8) is 0 Å². The van der Waals surface area contributed by atoms with E-state index in [1.165, 1.54) is 47.9 Å². The first-order valence-electron chi connectivity index (χ1n) is 8.23. The normalized spacial score (nSPS) is 13.6. The summed E-state index contributed by atoms with van der Waals surface area (Å²) in [5, 5.41) is 0. The zero-order valence-corrected chi connectivity index (χ0v) is 13.2. The van der Waals surface area contributed by atoms with Crippen LogP contribution in [0.2, 0.25) is 0 Å². The monoisotopic (exact) mass is 276 g/mol. The summed E-state index contributed by atoms with van der Waals surface area (Å²) in [6.45, 7) is 4.55. The summed E-state index contributed by atoms with van der Waals surface area (Å²) >= 11 is 0. The van der Waals surface area contributed by atoms with E-state index in [0.29, 0.717) is 0 Å². The lowest BCUT2D eigenvalue weighted by Crippen LogP contribution is -1.95. The molecule has 21 heavy (non-hydrogen) atoms. The molecule has 108 valence electrons. The average molecular weight is 276 g/mol. The van der Waals surface area contributed by atoms with E-state index in [-0.39, 0.29) is 0 Å². The number of fused-ring (bicyclic) bond motifs is 1. The predicted molar refractivity (Wildman–Crippen MR) is 92.3 cm³/mol. The van der Waals surface area contributed by atoms with Gasteiger partial charge in [0, 0.05) is 0 Å². The molecule has 0 aliphatic heterocycles. The molecule has 0 bridgehead atoms. The highest BCUT2D eigenvalue weighted by molar-refractivity contribution is 5.97. The predicted octanol–water partition coefficient (Wildman–Crippen LogP) is 5.91. The van der Waals surface area contributed by atoms with Crippen LogP contribution in [0.25, 0.3) is 11.1 Å². The van der Waals surface area contributed by atoms with Crippen molar-refractivity contribution >= 4 is 11.1 Å². The SMILES string of the molecule is CCCC1=C(c2ccccc2CCC)Cc2ccccc21. The Hall–Kier alpha value is -1.82. The van der Waals surface area contributed by atoms with Gasteiger partial charge in [-0.25, -0.2) is 0 Å². The van der Waals surface area contributed by atoms with Crippen molar-refractivity contribution in [2.75, 3.05) is 0 Å². The van der Waals surface area contributed by atoms with Gasteiger partial charge in [0.25, 0.3) is 0 Å². The fourth-order valence-electron chi connectivity index (χ4n) is 3.52. The van der Waals surface area contributed by atoms with E-state index in [9.17, 15) is 0 Å². The van der Waals surface area contributed by atoms with E-state index in [1.54, 1.807) is 11.1 Å². The summed E-state index contributed by atoms with van der Waals surface area (Å²) in [6, 6.07) is 17.9. The topological polar surface area (TPSA) is 0 Å². The molecule has 0 atom stereocenters. The van der Waals surface area contributed by atoms with Crippen LogP contribution in [-0.2, 0) is 12.8 Å². The summed E-state index contributed by atoms with van der Waals surface area (Å²) in [6.07, 6.45) is 5.89. The van der Waals surface area contributed by atoms with Crippen molar-refractivity contribution in [3.05, 3.63) is 70.8 Å². The Morgan fingerprint density at radius 2 is 1.43 bits per heavy atom. The van der Waals surface area contributed by atoms with Gasteiger partial charge in [0.2, 0.25) is 0 Å². The lowest BCUT2D eigenvalue weighted by atomic mass is 9.92. The molecule has 0 saturated carbocycles. The van der Waals surface area contributed by atoms with E-state index in [0.717, 1.165) is 6.42 Å². The highest BCUT2D eigenvalue weighted by atomic mass is 14.3. The second-order valence-corrected chi connectivity index (χ2v) is 5.95. The molecule has 0 N–H and O–H groups in total. The van der Waals surface area contributed by atoms with Crippen LogP contribution in [0, 0.1) is 0 Å². The molecule has 0 radical (unpaired) electrons. The highest BCUT2D eigenvalue weighted by Crippen LogP contribution is 2.41. The van der Waals surface area contributed by atoms with Gasteiger partial charge in [0.1, 0.15) is 0 Å². The number of benzene rings is 2. The lowest BCUT2D eigenvalue weighted by molar-refractivity contribution is 0.917. The number of allylic oxidation sites excluding steroid dienone is 2. The minimum Gasteiger partial charge on any atom is -0.0651 e. The second kappa shape index (κ2) is 6.30. The standard InChI is InChI=1S/C21H24/c1-3-9-16-11-5-7-13-18(16)21-15-17-12-6-8-14-19(17)20(21)10-4-2/h5-8,11-14H,3-4,9-10,15H2,1-2H3. The second-order valence-electron chi connectivity index (χ2n) is 5.95. The number of hydrogen-bond donors (Lipinski definition) is 0. The van der Waals surface area contributed by atoms with E-state index >= 15 is 0 Å². The van der Waals surface area contributed by atoms with Crippen LogP contribution in [0.4, 0.5) is 0 Å². The summed E-state index contributed by atoms with van der Waals surface area (Å²) < 4.78 is 0. The van der Waals surface area contributed by atoms with Crippen LogP contribution < -0.4 is 0 Å². The molecule has 2 aromatic rings. The fourth-order valence-corrected chi connectivity index (χ4v) is 3.52. The molecule has 2 aromatic carbocycles. The molecule has 0 amide bonds. The third-order valence-corrected chi connectivity index (χ3v) is 4.44. The molecule has 0 fully saturated rings. The Morgan fingerprint density at radius 3 is 2.19 bits per heavy atom. The quantitative estimate of drug-likeness (QED) is 0.637. The van der Waals surface area contributed by atoms with Gasteiger partial charge in [0.15, 0.2) is 0 Å². The molecule has 0 spiro atoms. The molecular formula is C21H24. The molecule has 0 unspecified atom stereocenters. The Kier molecular flexibility index (Phi) is 4.24. The summed E-state index contributed by atoms with van der Waals surface area (Å²) in [4.78, 5) is 0. The van der Waals surface area contributed by atoms with E-state index in [4.69, 9.17) is 0 Å². The maximum absolute atomic E-state index is 2.32. The molecule has 0 heteroatoms. The maximum Gasteiger partial charge on any atom is -0.00107 e. The zero-order chi connectivity index (χ0) is 14.7. The molecule has 0 nitrogen and oxygen atoms in total. The van der Waals surface area contributed by atoms with Gasteiger partial charge in [-0.15, -0.1) is 0 Å². The molecule has 0 heterocycles. The van der Waals surface area contributed by atoms with E-state index in [2.05, 4.69) is 62.4 Å². The molecule has 3 rings (SSSR count). The van der Waals surface area contributed by atoms with Crippen molar-refractivity contribution in [2.45, 2.75) is 46.0 Å². The van der Waals surface area contributed by atoms with Crippen LogP contribution in [0.15, 0.2) is 48.5 Å². The number of hydrogen-bond acceptors (Lipinski definition) is 0. The smallest absolute Gasteiger partial charge is 0.00107 e. The van der Waals surface area contributed by atoms with Crippen molar-refractivity contribution in [2.24, 2.45) is 0 Å². The van der Waals surface area contributed by atoms with Crippen molar-refractivity contribution in [3.8, 4) is 0 Å². The van der Waals surface area contributed by atoms with Gasteiger partial charge in [0.05, 0.1) is 0 Å². The van der Waals surface area contributed by atoms with E-state index < -0.39 is 0 Å². The van der Waals surface area contributed by atoms with Crippen LogP contribution in [0.1, 0.15) is 55.4 Å². The van der Waals surface area contributed by atoms with Gasteiger partial charge in [-0.2, -0.15) is 0 Å². The summed E-state index contributed by atoms with van der Waals surface area (Å²) in [5.74, 6) is 0. The Labute approximate surface area is 128 Å². The number of aryl methyl sites for hydroxylation is 1. The first-order chi connectivity index (χ1) is 10.3. The van der Waals surface area contributed by atoms with Crippen LogP contribution in [0.3, 0.4) is 0 Å². The van der Waals surface area contributed by atoms with Gasteiger partial charge in [-0.1, -0.05) is 75.2 Å². The zero-order valence-electron chi connectivity index (χ0n) is 13.2. The van der Waals surface area contributed by atoms with Crippen LogP contribution >= 0.6 is 0 Å². The van der Waals surface area contributed by atoms with Gasteiger partial charge in [-0.05, 0) is 52.7 Å². The fraction of sp³-hybridized carbons (Fsp3) is 0.333. The Balaban J connectivity index is 2.11. The first kappa shape index (κ1) is 14.1. The van der Waals surface area contributed by atoms with E-state index in [1.807, 2.05) is 0 Å². The Bertz CT molecular complexity index is 661. The minimum absolute atomic E-state index is 1.10. The van der Waals surface area contributed by atoms with Crippen molar-refractivity contribution in [1.82, 2.24) is 0 Å². The highest BCUT2D eigenvalue weighted by Gasteiger charge is 2.22. The third-order valence-electron chi connectivity index (χ3n) is 4.44. The van der Waals surface area contributed by atoms with Crippen molar-refractivity contribution < 1.29 is 0 Å². The van der Waals surface area contributed by atoms with Crippen molar-refractivity contribution in [1.29, 1.82) is 0 Å². The van der Waals surface area contributed by atoms with Gasteiger partial charge in [-0.3, -0.25) is 0 Å². The molecule has 0 saturated heterocycles. The van der Waals surface area contributed by atoms with Crippen LogP contribution in [-0.4, -0.2) is 0 Å². The van der Waals surface area contributed by atoms with Gasteiger partial charge >= 0.3 is 0 Å². The van der Waals surface area contributed by atoms with Gasteiger partial charge < -0.3 is 0 Å². The molecule has 1 aliphatic rings. The lowest BCUT2D eigenvalue weighted by Gasteiger charge is -2.12. The minimum atomic E-state index is 1.10. The molecular weight excluding hydrogens is 252 g/mol. The third kappa shape index (κ3) is 2.68. The van der Waals surface area contributed by atoms with Crippen LogP contribution in [0.5, 0.6) is 0 Å². The largest absolute Gasteiger partial charge is 0.0651 e. The Morgan fingerprint density at radius 1 is 0.762 bits per heavy atom. The first-order valence-corrected chi connectivity index (χ1v) is 8.23. The average Bonchev–Trinajstić information content (AvgIpc) is 2.88. The number of rotatable bonds is 5. The maximum atomic E-state index is 2.32. The summed E-state index contributed by atoms with van der Waals surface area (Å²) in [5.41, 5.74) is 9.14. The molecule has 0 aromatic heterocycles.